The zero-order valence-electron chi connectivity index (χ0n) is 20.7. The Balaban J connectivity index is 1.43. The molecule has 0 saturated carbocycles. The van der Waals surface area contributed by atoms with Crippen molar-refractivity contribution in [3.05, 3.63) is 53.6 Å². The summed E-state index contributed by atoms with van der Waals surface area (Å²) >= 11 is 11.3. The third kappa shape index (κ3) is 4.80. The first-order valence-corrected chi connectivity index (χ1v) is 14.8. The largest absolute Gasteiger partial charge is 0.494 e. The number of aliphatic hydroxyl groups excluding tert-OH is 1. The van der Waals surface area contributed by atoms with Crippen LogP contribution in [0, 0.1) is 11.8 Å². The molecule has 3 heterocycles. The van der Waals surface area contributed by atoms with Crippen LogP contribution in [0.25, 0.3) is 0 Å². The molecule has 0 radical (unpaired) electrons. The van der Waals surface area contributed by atoms with Gasteiger partial charge in [0.25, 0.3) is 0 Å². The minimum atomic E-state index is -0.777. The number of fused-ring (bicyclic) bond motifs is 1. The SMILES string of the molecule is CCOc1ccc(NC(=O)[C@H]2[C@@H]3SC4(CC3Br)C(C(=O)Nc3ccc(Cl)cc3)N(CCCO)C(=O)[C@H]24)cc1. The average Bonchev–Trinajstić information content (AvgIpc) is 3.48. The Morgan fingerprint density at radius 2 is 1.76 bits per heavy atom. The lowest BCUT2D eigenvalue weighted by Gasteiger charge is -2.35. The van der Waals surface area contributed by atoms with Gasteiger partial charge in [0.1, 0.15) is 11.8 Å². The van der Waals surface area contributed by atoms with Crippen LogP contribution in [0.4, 0.5) is 11.4 Å². The van der Waals surface area contributed by atoms with Gasteiger partial charge in [0, 0.05) is 39.6 Å². The first-order valence-electron chi connectivity index (χ1n) is 12.6. The van der Waals surface area contributed by atoms with E-state index in [1.807, 2.05) is 6.92 Å². The molecule has 38 heavy (non-hydrogen) atoms. The van der Waals surface area contributed by atoms with Crippen molar-refractivity contribution in [1.29, 1.82) is 0 Å². The molecule has 6 atom stereocenters. The minimum Gasteiger partial charge on any atom is -0.494 e. The topological polar surface area (TPSA) is 108 Å². The standard InChI is InChI=1S/C27H29BrClN3O5S/c1-2-37-18-10-8-17(9-11-18)30-24(34)20-21-26(36)32(12-3-13-33)23(27(21)14-19(28)22(20)38-27)25(35)31-16-6-4-15(29)5-7-16/h4-11,19-23,33H,2-3,12-14H2,1H3,(H,30,34)(H,31,35)/t19?,20-,21+,22-,23?,27?/m1/s1. The van der Waals surface area contributed by atoms with E-state index in [2.05, 4.69) is 26.6 Å². The van der Waals surface area contributed by atoms with Crippen LogP contribution in [0.3, 0.4) is 0 Å². The summed E-state index contributed by atoms with van der Waals surface area (Å²) in [6.45, 7) is 2.58. The molecule has 8 nitrogen and oxygen atoms in total. The van der Waals surface area contributed by atoms with E-state index < -0.39 is 22.6 Å². The number of likely N-dealkylation sites (tertiary alicyclic amines) is 1. The number of carbonyl (C=O) groups excluding carboxylic acids is 3. The highest BCUT2D eigenvalue weighted by Crippen LogP contribution is 2.67. The van der Waals surface area contributed by atoms with E-state index in [9.17, 15) is 19.5 Å². The maximum Gasteiger partial charge on any atom is 0.248 e. The molecule has 3 saturated heterocycles. The Labute approximate surface area is 238 Å². The quantitative estimate of drug-likeness (QED) is 0.363. The second-order valence-electron chi connectivity index (χ2n) is 9.72. The number of hydrogen-bond acceptors (Lipinski definition) is 6. The third-order valence-corrected chi connectivity index (χ3v) is 10.9. The van der Waals surface area contributed by atoms with Crippen molar-refractivity contribution in [3.8, 4) is 5.75 Å². The Morgan fingerprint density at radius 1 is 1.13 bits per heavy atom. The summed E-state index contributed by atoms with van der Waals surface area (Å²) in [4.78, 5) is 42.9. The minimum absolute atomic E-state index is 0.0312. The monoisotopic (exact) mass is 621 g/mol. The highest BCUT2D eigenvalue weighted by Gasteiger charge is 2.75. The lowest BCUT2D eigenvalue weighted by Crippen LogP contribution is -2.52. The molecule has 2 aromatic rings. The molecule has 3 N–H and O–H groups in total. The Morgan fingerprint density at radius 3 is 2.39 bits per heavy atom. The van der Waals surface area contributed by atoms with E-state index in [4.69, 9.17) is 16.3 Å². The maximum absolute atomic E-state index is 13.9. The molecule has 5 rings (SSSR count). The summed E-state index contributed by atoms with van der Waals surface area (Å²) in [7, 11) is 0. The fourth-order valence-corrected chi connectivity index (χ4v) is 9.72. The van der Waals surface area contributed by atoms with E-state index >= 15 is 0 Å². The Kier molecular flexibility index (Phi) is 7.96. The molecule has 2 aromatic carbocycles. The predicted octanol–water partition coefficient (Wildman–Crippen LogP) is 4.16. The smallest absolute Gasteiger partial charge is 0.248 e. The predicted molar refractivity (Wildman–Crippen MR) is 152 cm³/mol. The van der Waals surface area contributed by atoms with Crippen molar-refractivity contribution in [2.45, 2.75) is 40.6 Å². The summed E-state index contributed by atoms with van der Waals surface area (Å²) < 4.78 is 4.72. The van der Waals surface area contributed by atoms with Crippen LogP contribution in [0.2, 0.25) is 5.02 Å². The van der Waals surface area contributed by atoms with Gasteiger partial charge >= 0.3 is 0 Å². The molecular weight excluding hydrogens is 594 g/mol. The van der Waals surface area contributed by atoms with Gasteiger partial charge in [-0.25, -0.2) is 0 Å². The summed E-state index contributed by atoms with van der Waals surface area (Å²) in [5.74, 6) is -1.30. The molecule has 1 spiro atoms. The van der Waals surface area contributed by atoms with Crippen molar-refractivity contribution >= 4 is 68.4 Å². The van der Waals surface area contributed by atoms with Gasteiger partial charge in [0.05, 0.1) is 23.2 Å². The Hall–Kier alpha value is -2.27. The van der Waals surface area contributed by atoms with Gasteiger partial charge in [-0.3, -0.25) is 14.4 Å². The van der Waals surface area contributed by atoms with Crippen LogP contribution >= 0.6 is 39.3 Å². The van der Waals surface area contributed by atoms with E-state index in [0.29, 0.717) is 41.6 Å². The number of thioether (sulfide) groups is 1. The number of amides is 3. The van der Waals surface area contributed by atoms with Gasteiger partial charge in [-0.2, -0.15) is 0 Å². The molecule has 3 unspecified atom stereocenters. The van der Waals surface area contributed by atoms with Gasteiger partial charge in [0.2, 0.25) is 17.7 Å². The third-order valence-electron chi connectivity index (χ3n) is 7.44. The molecule has 0 aliphatic carbocycles. The summed E-state index contributed by atoms with van der Waals surface area (Å²) in [5.41, 5.74) is 1.19. The number of benzene rings is 2. The highest BCUT2D eigenvalue weighted by atomic mass is 79.9. The lowest BCUT2D eigenvalue weighted by molar-refractivity contribution is -0.138. The van der Waals surface area contributed by atoms with Crippen LogP contribution in [0.5, 0.6) is 5.75 Å². The maximum atomic E-state index is 13.9. The van der Waals surface area contributed by atoms with Gasteiger partial charge in [-0.15, -0.1) is 11.8 Å². The fraction of sp³-hybridized carbons (Fsp3) is 0.444. The van der Waals surface area contributed by atoms with Crippen LogP contribution in [0.1, 0.15) is 19.8 Å². The number of anilines is 2. The number of nitrogens with one attached hydrogen (secondary N) is 2. The van der Waals surface area contributed by atoms with Crippen molar-refractivity contribution < 1.29 is 24.2 Å². The molecule has 3 fully saturated rings. The number of rotatable bonds is 9. The van der Waals surface area contributed by atoms with Gasteiger partial charge in [-0.05, 0) is 68.3 Å². The number of alkyl halides is 1. The van der Waals surface area contributed by atoms with Crippen molar-refractivity contribution in [2.75, 3.05) is 30.4 Å². The van der Waals surface area contributed by atoms with Crippen molar-refractivity contribution in [1.82, 2.24) is 4.90 Å². The lowest BCUT2D eigenvalue weighted by atomic mass is 9.70. The molecule has 3 amide bonds. The second kappa shape index (κ2) is 11.1. The molecule has 3 aliphatic heterocycles. The number of halogens is 2. The zero-order valence-corrected chi connectivity index (χ0v) is 23.9. The summed E-state index contributed by atoms with van der Waals surface area (Å²) in [5, 5.41) is 15.8. The van der Waals surface area contributed by atoms with E-state index in [-0.39, 0.29) is 41.0 Å². The summed E-state index contributed by atoms with van der Waals surface area (Å²) in [6.07, 6.45) is 0.925. The number of nitrogens with zero attached hydrogens (tertiary/aromatic N) is 1. The molecule has 202 valence electrons. The van der Waals surface area contributed by atoms with Crippen LogP contribution in [-0.2, 0) is 14.4 Å². The van der Waals surface area contributed by atoms with E-state index in [1.165, 1.54) is 0 Å². The second-order valence-corrected chi connectivity index (χ2v) is 12.9. The molecule has 3 aliphatic rings. The highest BCUT2D eigenvalue weighted by molar-refractivity contribution is 9.09. The Bertz CT molecular complexity index is 1220. The van der Waals surface area contributed by atoms with Crippen molar-refractivity contribution in [2.24, 2.45) is 11.8 Å². The van der Waals surface area contributed by atoms with Crippen molar-refractivity contribution in [3.63, 3.8) is 0 Å². The molecule has 0 aromatic heterocycles. The first kappa shape index (κ1) is 27.3. The summed E-state index contributed by atoms with van der Waals surface area (Å²) in [6, 6.07) is 13.2. The van der Waals surface area contributed by atoms with Crippen LogP contribution < -0.4 is 15.4 Å². The van der Waals surface area contributed by atoms with Crippen LogP contribution in [-0.4, -0.2) is 68.4 Å². The molecular formula is C27H29BrClN3O5S. The first-order chi connectivity index (χ1) is 18.3. The number of carbonyl (C=O) groups is 3. The van der Waals surface area contributed by atoms with Crippen LogP contribution in [0.15, 0.2) is 48.5 Å². The van der Waals surface area contributed by atoms with E-state index in [1.54, 1.807) is 65.2 Å². The normalized spacial score (nSPS) is 29.3. The zero-order chi connectivity index (χ0) is 27.0. The van der Waals surface area contributed by atoms with Gasteiger partial charge < -0.3 is 25.4 Å². The average molecular weight is 623 g/mol. The molecule has 2 bridgehead atoms. The fourth-order valence-electron chi connectivity index (χ4n) is 5.98. The van der Waals surface area contributed by atoms with Gasteiger partial charge in [0.15, 0.2) is 0 Å². The molecule has 11 heteroatoms. The van der Waals surface area contributed by atoms with E-state index in [0.717, 1.165) is 0 Å². The van der Waals surface area contributed by atoms with Gasteiger partial charge in [-0.1, -0.05) is 27.5 Å². The number of ether oxygens (including phenoxy) is 1. The number of aliphatic hydroxyl groups is 1. The number of hydrogen-bond donors (Lipinski definition) is 3.